The van der Waals surface area contributed by atoms with E-state index in [0.29, 0.717) is 12.1 Å². The molecule has 0 aromatic heterocycles. The predicted octanol–water partition coefficient (Wildman–Crippen LogP) is 1.31. The van der Waals surface area contributed by atoms with Gasteiger partial charge in [-0.25, -0.2) is 4.39 Å². The highest BCUT2D eigenvalue weighted by molar-refractivity contribution is 5.94. The average molecular weight is 375 g/mol. The van der Waals surface area contributed by atoms with Crippen molar-refractivity contribution >= 4 is 11.8 Å². The van der Waals surface area contributed by atoms with E-state index in [1.165, 1.54) is 31.0 Å². The summed E-state index contributed by atoms with van der Waals surface area (Å²) in [5, 5.41) is 5.66. The summed E-state index contributed by atoms with van der Waals surface area (Å²) in [4.78, 5) is 26.6. The standard InChI is InChI=1S/C20H26FN3O3/c21-17-4-2-1-3-16(17)20(26)22-8-7-19(25)23-14-9-15-12-27-18(13-5-6-13)11-24(15)10-14/h1-4,13-15,18H,5-12H2,(H,22,26)(H,23,25)/t14-,15-,18-/m0/s1. The Kier molecular flexibility index (Phi) is 5.41. The van der Waals surface area contributed by atoms with Gasteiger partial charge in [-0.2, -0.15) is 0 Å². The second kappa shape index (κ2) is 7.94. The van der Waals surface area contributed by atoms with Gasteiger partial charge in [0.15, 0.2) is 0 Å². The number of carbonyl (C=O) groups excluding carboxylic acids is 2. The van der Waals surface area contributed by atoms with Gasteiger partial charge in [-0.3, -0.25) is 14.5 Å². The summed E-state index contributed by atoms with van der Waals surface area (Å²) in [5.41, 5.74) is -0.00390. The Hall–Kier alpha value is -1.99. The summed E-state index contributed by atoms with van der Waals surface area (Å²) < 4.78 is 19.5. The number of hydrogen-bond acceptors (Lipinski definition) is 4. The van der Waals surface area contributed by atoms with Crippen LogP contribution < -0.4 is 10.6 Å². The van der Waals surface area contributed by atoms with Gasteiger partial charge in [0.2, 0.25) is 5.91 Å². The number of carbonyl (C=O) groups is 2. The van der Waals surface area contributed by atoms with E-state index >= 15 is 0 Å². The number of benzene rings is 1. The van der Waals surface area contributed by atoms with E-state index in [4.69, 9.17) is 4.74 Å². The molecule has 0 spiro atoms. The van der Waals surface area contributed by atoms with Gasteiger partial charge in [0, 0.05) is 38.1 Å². The number of fused-ring (bicyclic) bond motifs is 1. The van der Waals surface area contributed by atoms with E-state index in [2.05, 4.69) is 15.5 Å². The molecule has 0 radical (unpaired) electrons. The van der Waals surface area contributed by atoms with Gasteiger partial charge in [0.25, 0.3) is 5.91 Å². The largest absolute Gasteiger partial charge is 0.375 e. The molecule has 27 heavy (non-hydrogen) atoms. The Labute approximate surface area is 158 Å². The molecular formula is C20H26FN3O3. The lowest BCUT2D eigenvalue weighted by molar-refractivity contribution is -0.121. The van der Waals surface area contributed by atoms with Gasteiger partial charge >= 0.3 is 0 Å². The van der Waals surface area contributed by atoms with Crippen LogP contribution in [0, 0.1) is 11.7 Å². The normalized spacial score (nSPS) is 27.8. The molecule has 4 rings (SSSR count). The number of nitrogens with zero attached hydrogens (tertiary/aromatic N) is 1. The highest BCUT2D eigenvalue weighted by Gasteiger charge is 2.42. The van der Waals surface area contributed by atoms with Crippen LogP contribution in [0.4, 0.5) is 4.39 Å². The van der Waals surface area contributed by atoms with Crippen molar-refractivity contribution in [3.05, 3.63) is 35.6 Å². The lowest BCUT2D eigenvalue weighted by Crippen LogP contribution is -2.47. The van der Waals surface area contributed by atoms with Crippen molar-refractivity contribution in [2.45, 2.75) is 43.9 Å². The molecule has 7 heteroatoms. The van der Waals surface area contributed by atoms with Crippen LogP contribution >= 0.6 is 0 Å². The van der Waals surface area contributed by atoms with Crippen LogP contribution in [-0.2, 0) is 9.53 Å². The minimum atomic E-state index is -0.561. The van der Waals surface area contributed by atoms with E-state index in [0.717, 1.165) is 32.0 Å². The van der Waals surface area contributed by atoms with Crippen LogP contribution in [0.3, 0.4) is 0 Å². The number of ether oxygens (including phenoxy) is 1. The van der Waals surface area contributed by atoms with Crippen LogP contribution in [0.25, 0.3) is 0 Å². The number of halogens is 1. The summed E-state index contributed by atoms with van der Waals surface area (Å²) in [6, 6.07) is 6.34. The SMILES string of the molecule is O=C(CCNC(=O)c1ccccc1F)N[C@H]1C[C@H]2CO[C@H](C3CC3)CN2C1. The summed E-state index contributed by atoms with van der Waals surface area (Å²) in [6.45, 7) is 2.78. The Bertz CT molecular complexity index is 709. The summed E-state index contributed by atoms with van der Waals surface area (Å²) in [7, 11) is 0. The zero-order valence-corrected chi connectivity index (χ0v) is 15.3. The van der Waals surface area contributed by atoms with Crippen LogP contribution in [0.5, 0.6) is 0 Å². The van der Waals surface area contributed by atoms with Crippen molar-refractivity contribution in [3.8, 4) is 0 Å². The smallest absolute Gasteiger partial charge is 0.254 e. The Morgan fingerprint density at radius 1 is 1.22 bits per heavy atom. The Balaban J connectivity index is 1.18. The fraction of sp³-hybridized carbons (Fsp3) is 0.600. The van der Waals surface area contributed by atoms with E-state index < -0.39 is 11.7 Å². The lowest BCUT2D eigenvalue weighted by Gasteiger charge is -2.35. The summed E-state index contributed by atoms with van der Waals surface area (Å²) in [6.07, 6.45) is 4.02. The molecule has 2 aliphatic heterocycles. The molecule has 2 saturated heterocycles. The van der Waals surface area contributed by atoms with E-state index in [9.17, 15) is 14.0 Å². The maximum atomic E-state index is 13.6. The lowest BCUT2D eigenvalue weighted by atomic mass is 10.1. The third kappa shape index (κ3) is 4.47. The van der Waals surface area contributed by atoms with Crippen LogP contribution in [-0.4, -0.2) is 61.1 Å². The number of amides is 2. The quantitative estimate of drug-likeness (QED) is 0.787. The first-order chi connectivity index (χ1) is 13.1. The molecule has 2 heterocycles. The first-order valence-electron chi connectivity index (χ1n) is 9.78. The molecule has 0 unspecified atom stereocenters. The highest BCUT2D eigenvalue weighted by atomic mass is 19.1. The van der Waals surface area contributed by atoms with E-state index in [1.54, 1.807) is 6.07 Å². The molecule has 1 saturated carbocycles. The van der Waals surface area contributed by atoms with Crippen molar-refractivity contribution in [2.75, 3.05) is 26.2 Å². The molecular weight excluding hydrogens is 349 g/mol. The molecule has 1 aromatic carbocycles. The fourth-order valence-electron chi connectivity index (χ4n) is 4.09. The Morgan fingerprint density at radius 3 is 2.81 bits per heavy atom. The van der Waals surface area contributed by atoms with Crippen LogP contribution in [0.15, 0.2) is 24.3 Å². The van der Waals surface area contributed by atoms with Gasteiger partial charge < -0.3 is 15.4 Å². The minimum Gasteiger partial charge on any atom is -0.375 e. The first-order valence-corrected chi connectivity index (χ1v) is 9.78. The third-order valence-electron chi connectivity index (χ3n) is 5.71. The van der Waals surface area contributed by atoms with Gasteiger partial charge in [-0.1, -0.05) is 12.1 Å². The second-order valence-corrected chi connectivity index (χ2v) is 7.80. The van der Waals surface area contributed by atoms with Crippen molar-refractivity contribution in [2.24, 2.45) is 5.92 Å². The van der Waals surface area contributed by atoms with Gasteiger partial charge in [-0.05, 0) is 37.3 Å². The molecule has 3 atom stereocenters. The second-order valence-electron chi connectivity index (χ2n) is 7.80. The van der Waals surface area contributed by atoms with Gasteiger partial charge in [0.05, 0.1) is 18.3 Å². The van der Waals surface area contributed by atoms with Crippen LogP contribution in [0.1, 0.15) is 36.0 Å². The average Bonchev–Trinajstić information content (AvgIpc) is 3.42. The number of nitrogens with one attached hydrogen (secondary N) is 2. The summed E-state index contributed by atoms with van der Waals surface area (Å²) in [5.74, 6) is -0.415. The predicted molar refractivity (Wildman–Crippen MR) is 97.7 cm³/mol. The van der Waals surface area contributed by atoms with Crippen molar-refractivity contribution < 1.29 is 18.7 Å². The van der Waals surface area contributed by atoms with Gasteiger partial charge in [-0.15, -0.1) is 0 Å². The van der Waals surface area contributed by atoms with Crippen molar-refractivity contribution in [1.82, 2.24) is 15.5 Å². The highest BCUT2D eigenvalue weighted by Crippen LogP contribution is 2.37. The first kappa shape index (κ1) is 18.4. The molecule has 3 fully saturated rings. The monoisotopic (exact) mass is 375 g/mol. The Morgan fingerprint density at radius 2 is 2.04 bits per heavy atom. The third-order valence-corrected chi connectivity index (χ3v) is 5.71. The van der Waals surface area contributed by atoms with E-state index in [-0.39, 0.29) is 30.5 Å². The molecule has 2 amide bonds. The number of morpholine rings is 1. The van der Waals surface area contributed by atoms with Gasteiger partial charge in [0.1, 0.15) is 5.82 Å². The maximum Gasteiger partial charge on any atom is 0.254 e. The number of hydrogen-bond donors (Lipinski definition) is 2. The van der Waals surface area contributed by atoms with Crippen molar-refractivity contribution in [1.29, 1.82) is 0 Å². The molecule has 146 valence electrons. The fourth-order valence-corrected chi connectivity index (χ4v) is 4.09. The molecule has 2 N–H and O–H groups in total. The topological polar surface area (TPSA) is 70.7 Å². The minimum absolute atomic E-state index is 0.00390. The summed E-state index contributed by atoms with van der Waals surface area (Å²) >= 11 is 0. The molecule has 0 bridgehead atoms. The zero-order valence-electron chi connectivity index (χ0n) is 15.3. The van der Waals surface area contributed by atoms with E-state index in [1.807, 2.05) is 0 Å². The van der Waals surface area contributed by atoms with Crippen molar-refractivity contribution in [3.63, 3.8) is 0 Å². The molecule has 1 aliphatic carbocycles. The molecule has 1 aromatic rings. The molecule has 3 aliphatic rings. The maximum absolute atomic E-state index is 13.6. The number of rotatable bonds is 6. The van der Waals surface area contributed by atoms with Crippen LogP contribution in [0.2, 0.25) is 0 Å². The molecule has 6 nitrogen and oxygen atoms in total. The zero-order chi connectivity index (χ0) is 18.8.